The van der Waals surface area contributed by atoms with Crippen molar-refractivity contribution in [1.82, 2.24) is 0 Å². The van der Waals surface area contributed by atoms with Gasteiger partial charge in [0.2, 0.25) is 12.2 Å². The standard InChI is InChI=1S/C13H18N2O2/c16-8-14-12-6-2-1-4-10(12)11-5-3-7-13(11)15-9-17/h10-13H,1-7H2. The summed E-state index contributed by atoms with van der Waals surface area (Å²) in [6, 6.07) is 0.216. The highest BCUT2D eigenvalue weighted by Crippen LogP contribution is 2.41. The summed E-state index contributed by atoms with van der Waals surface area (Å²) in [6.45, 7) is 0. The molecule has 4 heteroatoms. The van der Waals surface area contributed by atoms with E-state index in [9.17, 15) is 9.59 Å². The maximum atomic E-state index is 10.5. The van der Waals surface area contributed by atoms with Crippen molar-refractivity contribution in [2.75, 3.05) is 0 Å². The molecule has 0 heterocycles. The third-order valence-electron chi connectivity index (χ3n) is 4.30. The Bertz CT molecular complexity index is 356. The van der Waals surface area contributed by atoms with Crippen molar-refractivity contribution < 1.29 is 9.59 Å². The molecule has 4 atom stereocenters. The van der Waals surface area contributed by atoms with E-state index in [4.69, 9.17) is 0 Å². The van der Waals surface area contributed by atoms with Crippen molar-refractivity contribution in [3.63, 3.8) is 0 Å². The predicted molar refractivity (Wildman–Crippen MR) is 63.1 cm³/mol. The lowest BCUT2D eigenvalue weighted by molar-refractivity contribution is 0.205. The van der Waals surface area contributed by atoms with Gasteiger partial charge in [-0.25, -0.2) is 19.6 Å². The predicted octanol–water partition coefficient (Wildman–Crippen LogP) is 2.39. The smallest absolute Gasteiger partial charge is 0.211 e. The second kappa shape index (κ2) is 5.90. The maximum absolute atomic E-state index is 10.5. The van der Waals surface area contributed by atoms with E-state index in [2.05, 4.69) is 9.98 Å². The quantitative estimate of drug-likeness (QED) is 0.556. The lowest BCUT2D eigenvalue weighted by atomic mass is 9.74. The number of nitrogens with zero attached hydrogens (tertiary/aromatic N) is 2. The topological polar surface area (TPSA) is 58.9 Å². The molecule has 0 saturated heterocycles. The molecule has 2 aliphatic rings. The van der Waals surface area contributed by atoms with Gasteiger partial charge in [0.25, 0.3) is 0 Å². The van der Waals surface area contributed by atoms with Gasteiger partial charge in [-0.05, 0) is 37.5 Å². The third kappa shape index (κ3) is 2.71. The molecule has 2 saturated carbocycles. The van der Waals surface area contributed by atoms with Crippen LogP contribution >= 0.6 is 0 Å². The second-order valence-corrected chi connectivity index (χ2v) is 5.12. The Labute approximate surface area is 101 Å². The zero-order valence-electron chi connectivity index (χ0n) is 9.97. The van der Waals surface area contributed by atoms with E-state index in [0.717, 1.165) is 38.5 Å². The lowest BCUT2D eigenvalue weighted by Crippen LogP contribution is -2.33. The second-order valence-electron chi connectivity index (χ2n) is 5.12. The van der Waals surface area contributed by atoms with E-state index >= 15 is 0 Å². The number of hydrogen-bond donors (Lipinski definition) is 0. The van der Waals surface area contributed by atoms with Crippen LogP contribution in [0.3, 0.4) is 0 Å². The Morgan fingerprint density at radius 1 is 0.706 bits per heavy atom. The fourth-order valence-corrected chi connectivity index (χ4v) is 3.56. The summed E-state index contributed by atoms with van der Waals surface area (Å²) in [7, 11) is 0. The summed E-state index contributed by atoms with van der Waals surface area (Å²) in [4.78, 5) is 28.8. The zero-order valence-corrected chi connectivity index (χ0v) is 9.97. The molecule has 2 aliphatic carbocycles. The van der Waals surface area contributed by atoms with Crippen LogP contribution in [-0.4, -0.2) is 24.2 Å². The fourth-order valence-electron chi connectivity index (χ4n) is 3.56. The molecule has 0 aliphatic heterocycles. The molecule has 0 spiro atoms. The van der Waals surface area contributed by atoms with E-state index in [1.54, 1.807) is 12.2 Å². The Kier molecular flexibility index (Phi) is 4.24. The molecule has 0 bridgehead atoms. The van der Waals surface area contributed by atoms with Crippen molar-refractivity contribution in [2.45, 2.75) is 57.0 Å². The van der Waals surface area contributed by atoms with Crippen LogP contribution in [0.1, 0.15) is 44.9 Å². The van der Waals surface area contributed by atoms with Crippen molar-refractivity contribution in [3.8, 4) is 0 Å². The molecule has 0 radical (unpaired) electrons. The summed E-state index contributed by atoms with van der Waals surface area (Å²) >= 11 is 0. The number of rotatable bonds is 3. The number of hydrogen-bond acceptors (Lipinski definition) is 4. The van der Waals surface area contributed by atoms with E-state index in [1.165, 1.54) is 6.42 Å². The van der Waals surface area contributed by atoms with Crippen LogP contribution in [0.5, 0.6) is 0 Å². The molecule has 0 aromatic rings. The van der Waals surface area contributed by atoms with Gasteiger partial charge in [0.15, 0.2) is 0 Å². The van der Waals surface area contributed by atoms with Crippen LogP contribution in [0.25, 0.3) is 0 Å². The largest absolute Gasteiger partial charge is 0.235 e. The third-order valence-corrected chi connectivity index (χ3v) is 4.30. The van der Waals surface area contributed by atoms with Crippen LogP contribution in [-0.2, 0) is 9.59 Å². The summed E-state index contributed by atoms with van der Waals surface area (Å²) in [6.07, 6.45) is 11.0. The Balaban J connectivity index is 2.12. The van der Waals surface area contributed by atoms with Gasteiger partial charge in [0.1, 0.15) is 0 Å². The van der Waals surface area contributed by atoms with Gasteiger partial charge in [-0.3, -0.25) is 0 Å². The SMILES string of the molecule is O=C=NC1CCCCC1C1CCCC1N=C=O. The van der Waals surface area contributed by atoms with Crippen molar-refractivity contribution in [2.24, 2.45) is 21.8 Å². The number of isocyanates is 2. The van der Waals surface area contributed by atoms with Crippen LogP contribution < -0.4 is 0 Å². The monoisotopic (exact) mass is 234 g/mol. The molecule has 0 aromatic heterocycles. The Morgan fingerprint density at radius 2 is 1.18 bits per heavy atom. The van der Waals surface area contributed by atoms with Crippen LogP contribution in [0.15, 0.2) is 9.98 Å². The normalized spacial score (nSPS) is 36.9. The van der Waals surface area contributed by atoms with Crippen molar-refractivity contribution in [1.29, 1.82) is 0 Å². The molecule has 0 aromatic carbocycles. The molecule has 17 heavy (non-hydrogen) atoms. The van der Waals surface area contributed by atoms with Crippen LogP contribution in [0, 0.1) is 11.8 Å². The van der Waals surface area contributed by atoms with Crippen LogP contribution in [0.2, 0.25) is 0 Å². The first kappa shape index (κ1) is 12.2. The molecule has 2 rings (SSSR count). The Hall–Kier alpha value is -1.24. The first-order valence-electron chi connectivity index (χ1n) is 6.50. The first-order valence-corrected chi connectivity index (χ1v) is 6.50. The minimum Gasteiger partial charge on any atom is -0.211 e. The first-order chi connectivity index (χ1) is 8.36. The Morgan fingerprint density at radius 3 is 1.76 bits per heavy atom. The summed E-state index contributed by atoms with van der Waals surface area (Å²) in [5, 5.41) is 0. The minimum atomic E-state index is 0.105. The highest BCUT2D eigenvalue weighted by Gasteiger charge is 2.38. The summed E-state index contributed by atoms with van der Waals surface area (Å²) in [5.74, 6) is 0.827. The summed E-state index contributed by atoms with van der Waals surface area (Å²) < 4.78 is 0. The van der Waals surface area contributed by atoms with E-state index < -0.39 is 0 Å². The van der Waals surface area contributed by atoms with Gasteiger partial charge in [0.05, 0.1) is 12.1 Å². The molecule has 0 N–H and O–H groups in total. The molecule has 0 amide bonds. The van der Waals surface area contributed by atoms with E-state index in [-0.39, 0.29) is 12.1 Å². The highest BCUT2D eigenvalue weighted by molar-refractivity contribution is 5.34. The van der Waals surface area contributed by atoms with Crippen LogP contribution in [0.4, 0.5) is 0 Å². The highest BCUT2D eigenvalue weighted by atomic mass is 16.1. The maximum Gasteiger partial charge on any atom is 0.235 e. The average molecular weight is 234 g/mol. The molecule has 2 fully saturated rings. The minimum absolute atomic E-state index is 0.105. The van der Waals surface area contributed by atoms with Gasteiger partial charge in [0, 0.05) is 0 Å². The van der Waals surface area contributed by atoms with Gasteiger partial charge < -0.3 is 0 Å². The van der Waals surface area contributed by atoms with E-state index in [1.807, 2.05) is 0 Å². The van der Waals surface area contributed by atoms with Crippen molar-refractivity contribution >= 4 is 12.2 Å². The molecule has 92 valence electrons. The molecule has 4 nitrogen and oxygen atoms in total. The van der Waals surface area contributed by atoms with Gasteiger partial charge in [-0.1, -0.05) is 19.3 Å². The summed E-state index contributed by atoms with van der Waals surface area (Å²) in [5.41, 5.74) is 0. The lowest BCUT2D eigenvalue weighted by Gasteiger charge is -2.33. The van der Waals surface area contributed by atoms with E-state index in [0.29, 0.717) is 11.8 Å². The molecular weight excluding hydrogens is 216 g/mol. The average Bonchev–Trinajstić information content (AvgIpc) is 2.79. The van der Waals surface area contributed by atoms with Gasteiger partial charge in [-0.15, -0.1) is 0 Å². The fraction of sp³-hybridized carbons (Fsp3) is 0.846. The zero-order chi connectivity index (χ0) is 12.1. The van der Waals surface area contributed by atoms with Gasteiger partial charge in [-0.2, -0.15) is 0 Å². The van der Waals surface area contributed by atoms with Gasteiger partial charge >= 0.3 is 0 Å². The van der Waals surface area contributed by atoms with Crippen molar-refractivity contribution in [3.05, 3.63) is 0 Å². The molecular formula is C13H18N2O2. The molecule has 4 unspecified atom stereocenters. The number of aliphatic imine (C=N–C) groups is 2. The number of carbonyl (C=O) groups excluding carboxylic acids is 2.